The molecule has 2 heterocycles. The molecule has 0 aliphatic rings. The molecule has 3 rings (SSSR count). The largest absolute Gasteiger partial charge is 0.250 e. The second-order valence-corrected chi connectivity index (χ2v) is 6.58. The van der Waals surface area contributed by atoms with E-state index in [2.05, 4.69) is 31.2 Å². The van der Waals surface area contributed by atoms with Gasteiger partial charge in [-0.2, -0.15) is 14.9 Å². The number of benzene rings is 1. The number of rotatable bonds is 4. The number of thiophene rings is 1. The third kappa shape index (κ3) is 3.49. The van der Waals surface area contributed by atoms with E-state index in [1.165, 1.54) is 0 Å². The zero-order valence-electron chi connectivity index (χ0n) is 11.3. The van der Waals surface area contributed by atoms with Crippen LogP contribution in [-0.4, -0.2) is 21.1 Å². The van der Waals surface area contributed by atoms with Crippen LogP contribution in [0.2, 0.25) is 0 Å². The van der Waals surface area contributed by atoms with Crippen LogP contribution in [0.1, 0.15) is 5.56 Å². The molecule has 0 unspecified atom stereocenters. The van der Waals surface area contributed by atoms with Gasteiger partial charge in [0.2, 0.25) is 4.77 Å². The second-order valence-electron chi connectivity index (χ2n) is 4.33. The van der Waals surface area contributed by atoms with E-state index in [1.54, 1.807) is 22.2 Å². The minimum atomic E-state index is 0.458. The zero-order valence-corrected chi connectivity index (χ0v) is 14.5. The summed E-state index contributed by atoms with van der Waals surface area (Å²) in [5.41, 5.74) is 1.09. The highest BCUT2D eigenvalue weighted by Crippen LogP contribution is 2.22. The fourth-order valence-electron chi connectivity index (χ4n) is 1.82. The summed E-state index contributed by atoms with van der Waals surface area (Å²) in [5, 5.41) is 13.4. The predicted octanol–water partition coefficient (Wildman–Crippen LogP) is 4.94. The van der Waals surface area contributed by atoms with Gasteiger partial charge < -0.3 is 0 Å². The molecule has 110 valence electrons. The van der Waals surface area contributed by atoms with Crippen LogP contribution in [0.3, 0.4) is 0 Å². The van der Waals surface area contributed by atoms with Gasteiger partial charge in [-0.1, -0.05) is 36.4 Å². The van der Waals surface area contributed by atoms with Crippen LogP contribution in [-0.2, 0) is 0 Å². The average molecular weight is 391 g/mol. The molecule has 0 saturated carbocycles. The molecule has 0 bridgehead atoms. The van der Waals surface area contributed by atoms with E-state index in [1.807, 2.05) is 53.9 Å². The number of hydrogen-bond donors (Lipinski definition) is 1. The number of H-pyrrole nitrogens is 1. The lowest BCUT2D eigenvalue weighted by atomic mass is 10.2. The predicted molar refractivity (Wildman–Crippen MR) is 98.0 cm³/mol. The molecule has 2 aromatic heterocycles. The molecule has 22 heavy (non-hydrogen) atoms. The van der Waals surface area contributed by atoms with Gasteiger partial charge in [-0.15, -0.1) is 11.3 Å². The molecule has 0 spiro atoms. The van der Waals surface area contributed by atoms with Gasteiger partial charge in [-0.05, 0) is 51.2 Å². The van der Waals surface area contributed by atoms with Crippen LogP contribution >= 0.6 is 39.5 Å². The van der Waals surface area contributed by atoms with Crippen molar-refractivity contribution in [3.63, 3.8) is 0 Å². The number of nitrogens with zero attached hydrogens (tertiary/aromatic N) is 3. The Hall–Kier alpha value is -1.83. The molecule has 0 aliphatic heterocycles. The Labute approximate surface area is 145 Å². The molecule has 0 fully saturated rings. The summed E-state index contributed by atoms with van der Waals surface area (Å²) in [6.45, 7) is 0. The number of halogens is 1. The van der Waals surface area contributed by atoms with Crippen molar-refractivity contribution < 1.29 is 0 Å². The van der Waals surface area contributed by atoms with Crippen molar-refractivity contribution in [1.82, 2.24) is 14.9 Å². The fraction of sp³-hybridized carbons (Fsp3) is 0. The third-order valence-corrected chi connectivity index (χ3v) is 4.36. The van der Waals surface area contributed by atoms with E-state index in [9.17, 15) is 0 Å². The topological polar surface area (TPSA) is 46.0 Å². The first kappa shape index (κ1) is 15.1. The molecule has 4 nitrogen and oxygen atoms in total. The van der Waals surface area contributed by atoms with Crippen LogP contribution < -0.4 is 0 Å². The standard InChI is InChI=1S/C15H11BrN4S2/c16-12(9-11-5-2-1-3-6-11)10-17-20-14(18-19-15(20)21)13-7-4-8-22-13/h1-10H,(H,19,21)/b12-9-,17-10-. The maximum absolute atomic E-state index is 5.23. The van der Waals surface area contributed by atoms with Crippen molar-refractivity contribution in [3.8, 4) is 10.7 Å². The SMILES string of the molecule is S=c1[nH]nc(-c2cccs2)n1/N=C\C(Br)=C\c1ccccc1. The van der Waals surface area contributed by atoms with Crippen LogP contribution in [0.4, 0.5) is 0 Å². The summed E-state index contributed by atoms with van der Waals surface area (Å²) in [5.74, 6) is 0.705. The summed E-state index contributed by atoms with van der Waals surface area (Å²) in [7, 11) is 0. The smallest absolute Gasteiger partial charge is 0.216 e. The first-order valence-corrected chi connectivity index (χ1v) is 8.50. The zero-order chi connectivity index (χ0) is 15.4. The van der Waals surface area contributed by atoms with E-state index in [4.69, 9.17) is 12.2 Å². The fourth-order valence-corrected chi connectivity index (χ4v) is 3.06. The van der Waals surface area contributed by atoms with Gasteiger partial charge in [0.15, 0.2) is 5.82 Å². The number of nitrogens with one attached hydrogen (secondary N) is 1. The quantitative estimate of drug-likeness (QED) is 0.506. The molecule has 0 saturated heterocycles. The molecule has 0 aliphatic carbocycles. The third-order valence-electron chi connectivity index (χ3n) is 2.79. The van der Waals surface area contributed by atoms with Crippen molar-refractivity contribution in [3.05, 3.63) is 62.7 Å². The van der Waals surface area contributed by atoms with Gasteiger partial charge in [0.05, 0.1) is 11.1 Å². The Morgan fingerprint density at radius 2 is 2.09 bits per heavy atom. The van der Waals surface area contributed by atoms with Gasteiger partial charge >= 0.3 is 0 Å². The van der Waals surface area contributed by atoms with E-state index in [-0.39, 0.29) is 0 Å². The van der Waals surface area contributed by atoms with Gasteiger partial charge in [0.25, 0.3) is 0 Å². The summed E-state index contributed by atoms with van der Waals surface area (Å²) >= 11 is 10.3. The second kappa shape index (κ2) is 6.95. The van der Waals surface area contributed by atoms with Gasteiger partial charge in [-0.3, -0.25) is 0 Å². The Balaban J connectivity index is 1.89. The molecule has 0 atom stereocenters. The summed E-state index contributed by atoms with van der Waals surface area (Å²) in [6.07, 6.45) is 3.69. The first-order chi connectivity index (χ1) is 10.7. The van der Waals surface area contributed by atoms with Crippen LogP contribution in [0.5, 0.6) is 0 Å². The summed E-state index contributed by atoms with van der Waals surface area (Å²) < 4.78 is 2.92. The molecule has 0 radical (unpaired) electrons. The highest BCUT2D eigenvalue weighted by molar-refractivity contribution is 9.12. The molecule has 1 N–H and O–H groups in total. The minimum absolute atomic E-state index is 0.458. The van der Waals surface area contributed by atoms with E-state index in [0.717, 1.165) is 14.9 Å². The highest BCUT2D eigenvalue weighted by Gasteiger charge is 2.08. The van der Waals surface area contributed by atoms with Gasteiger partial charge in [-0.25, -0.2) is 5.10 Å². The molecule has 7 heteroatoms. The van der Waals surface area contributed by atoms with E-state index >= 15 is 0 Å². The number of allylic oxidation sites excluding steroid dienone is 1. The number of aromatic nitrogens is 3. The lowest BCUT2D eigenvalue weighted by molar-refractivity contribution is 0.874. The van der Waals surface area contributed by atoms with Crippen molar-refractivity contribution in [2.45, 2.75) is 0 Å². The van der Waals surface area contributed by atoms with Crippen molar-refractivity contribution >= 4 is 51.8 Å². The maximum atomic E-state index is 5.23. The highest BCUT2D eigenvalue weighted by atomic mass is 79.9. The Bertz CT molecular complexity index is 861. The Morgan fingerprint density at radius 3 is 2.82 bits per heavy atom. The minimum Gasteiger partial charge on any atom is -0.250 e. The average Bonchev–Trinajstić information content (AvgIpc) is 3.16. The lowest BCUT2D eigenvalue weighted by Crippen LogP contribution is -1.92. The van der Waals surface area contributed by atoms with Gasteiger partial charge in [0.1, 0.15) is 0 Å². The first-order valence-electron chi connectivity index (χ1n) is 6.42. The molecule has 3 aromatic rings. The van der Waals surface area contributed by atoms with Crippen LogP contribution in [0.25, 0.3) is 16.8 Å². The van der Waals surface area contributed by atoms with Crippen molar-refractivity contribution in [2.24, 2.45) is 5.10 Å². The molecular formula is C15H11BrN4S2. The van der Waals surface area contributed by atoms with E-state index in [0.29, 0.717) is 10.6 Å². The van der Waals surface area contributed by atoms with Crippen LogP contribution in [0.15, 0.2) is 57.4 Å². The molecule has 1 aromatic carbocycles. The number of aromatic amines is 1. The lowest BCUT2D eigenvalue weighted by Gasteiger charge is -1.97. The van der Waals surface area contributed by atoms with Crippen molar-refractivity contribution in [2.75, 3.05) is 0 Å². The number of hydrogen-bond acceptors (Lipinski definition) is 4. The Kier molecular flexibility index (Phi) is 4.77. The molecular weight excluding hydrogens is 380 g/mol. The monoisotopic (exact) mass is 390 g/mol. The normalized spacial score (nSPS) is 12.1. The van der Waals surface area contributed by atoms with Crippen molar-refractivity contribution in [1.29, 1.82) is 0 Å². The Morgan fingerprint density at radius 1 is 1.27 bits per heavy atom. The summed E-state index contributed by atoms with van der Waals surface area (Å²) in [6, 6.07) is 14.0. The summed E-state index contributed by atoms with van der Waals surface area (Å²) in [4.78, 5) is 1.01. The maximum Gasteiger partial charge on any atom is 0.216 e. The van der Waals surface area contributed by atoms with Gasteiger partial charge in [0, 0.05) is 4.48 Å². The van der Waals surface area contributed by atoms with E-state index < -0.39 is 0 Å². The van der Waals surface area contributed by atoms with Crippen LogP contribution in [0, 0.1) is 4.77 Å². The molecule has 0 amide bonds.